The first kappa shape index (κ1) is 17.0. The first-order chi connectivity index (χ1) is 9.45. The van der Waals surface area contributed by atoms with Gasteiger partial charge in [0.2, 0.25) is 0 Å². The second kappa shape index (κ2) is 8.27. The third-order valence-corrected chi connectivity index (χ3v) is 4.08. The van der Waals surface area contributed by atoms with Crippen LogP contribution in [0.15, 0.2) is 22.5 Å². The Balaban J connectivity index is 2.57. The molecule has 0 fully saturated rings. The zero-order valence-electron chi connectivity index (χ0n) is 12.9. The van der Waals surface area contributed by atoms with Crippen molar-refractivity contribution in [3.05, 3.63) is 22.4 Å². The number of aliphatic imine (C=N–C) groups is 1. The Morgan fingerprint density at radius 1 is 1.45 bits per heavy atom. The van der Waals surface area contributed by atoms with E-state index in [1.165, 1.54) is 0 Å². The molecular weight excluding hydrogens is 270 g/mol. The SMILES string of the molecule is CCNC(=NCC(C)(O)c1cccs1)NCCC(C)C. The lowest BCUT2D eigenvalue weighted by atomic mass is 10.1. The van der Waals surface area contributed by atoms with Crippen LogP contribution in [-0.2, 0) is 5.60 Å². The molecular formula is C15H27N3OS. The van der Waals surface area contributed by atoms with Crippen LogP contribution in [-0.4, -0.2) is 30.7 Å². The molecule has 0 amide bonds. The molecule has 4 nitrogen and oxygen atoms in total. The van der Waals surface area contributed by atoms with E-state index in [4.69, 9.17) is 0 Å². The lowest BCUT2D eigenvalue weighted by Crippen LogP contribution is -2.39. The first-order valence-electron chi connectivity index (χ1n) is 7.24. The number of thiophene rings is 1. The molecule has 1 atom stereocenters. The van der Waals surface area contributed by atoms with Gasteiger partial charge in [-0.2, -0.15) is 0 Å². The summed E-state index contributed by atoms with van der Waals surface area (Å²) in [7, 11) is 0. The summed E-state index contributed by atoms with van der Waals surface area (Å²) in [6, 6.07) is 3.89. The summed E-state index contributed by atoms with van der Waals surface area (Å²) in [4.78, 5) is 5.43. The molecule has 0 aliphatic rings. The number of hydrogen-bond acceptors (Lipinski definition) is 3. The molecule has 0 aliphatic heterocycles. The van der Waals surface area contributed by atoms with Crippen LogP contribution >= 0.6 is 11.3 Å². The van der Waals surface area contributed by atoms with Crippen molar-refractivity contribution in [1.29, 1.82) is 0 Å². The number of aliphatic hydroxyl groups is 1. The van der Waals surface area contributed by atoms with Gasteiger partial charge in [0.25, 0.3) is 0 Å². The van der Waals surface area contributed by atoms with Crippen LogP contribution < -0.4 is 10.6 Å². The second-order valence-electron chi connectivity index (χ2n) is 5.56. The Hall–Kier alpha value is -1.07. The Kier molecular flexibility index (Phi) is 7.02. The third-order valence-electron chi connectivity index (χ3n) is 2.96. The molecule has 1 rings (SSSR count). The van der Waals surface area contributed by atoms with Gasteiger partial charge in [-0.25, -0.2) is 4.99 Å². The highest BCUT2D eigenvalue weighted by atomic mass is 32.1. The van der Waals surface area contributed by atoms with Crippen molar-refractivity contribution < 1.29 is 5.11 Å². The fourth-order valence-corrected chi connectivity index (χ4v) is 2.50. The quantitative estimate of drug-likeness (QED) is 0.535. The third kappa shape index (κ3) is 5.92. The lowest BCUT2D eigenvalue weighted by Gasteiger charge is -2.20. The van der Waals surface area contributed by atoms with Crippen molar-refractivity contribution in [2.45, 2.75) is 39.7 Å². The summed E-state index contributed by atoms with van der Waals surface area (Å²) in [5.41, 5.74) is -0.908. The van der Waals surface area contributed by atoms with Gasteiger partial charge in [0, 0.05) is 18.0 Å². The molecule has 0 bridgehead atoms. The Bertz CT molecular complexity index is 399. The van der Waals surface area contributed by atoms with Gasteiger partial charge in [-0.05, 0) is 37.6 Å². The smallest absolute Gasteiger partial charge is 0.191 e. The lowest BCUT2D eigenvalue weighted by molar-refractivity contribution is 0.0711. The predicted molar refractivity (Wildman–Crippen MR) is 87.3 cm³/mol. The van der Waals surface area contributed by atoms with Gasteiger partial charge < -0.3 is 15.7 Å². The summed E-state index contributed by atoms with van der Waals surface area (Å²) >= 11 is 1.56. The molecule has 1 aromatic heterocycles. The van der Waals surface area contributed by atoms with E-state index in [9.17, 15) is 5.11 Å². The van der Waals surface area contributed by atoms with Crippen LogP contribution in [0.3, 0.4) is 0 Å². The van der Waals surface area contributed by atoms with Crippen LogP contribution in [0.1, 0.15) is 39.0 Å². The summed E-state index contributed by atoms with van der Waals surface area (Å²) in [5, 5.41) is 18.9. The van der Waals surface area contributed by atoms with Gasteiger partial charge in [-0.15, -0.1) is 11.3 Å². The predicted octanol–water partition coefficient (Wildman–Crippen LogP) is 2.56. The maximum Gasteiger partial charge on any atom is 0.191 e. The van der Waals surface area contributed by atoms with Gasteiger partial charge in [0.1, 0.15) is 5.60 Å². The average molecular weight is 297 g/mol. The fraction of sp³-hybridized carbons (Fsp3) is 0.667. The minimum Gasteiger partial charge on any atom is -0.383 e. The van der Waals surface area contributed by atoms with E-state index in [0.29, 0.717) is 12.5 Å². The summed E-state index contributed by atoms with van der Waals surface area (Å²) in [6.45, 7) is 10.3. The van der Waals surface area contributed by atoms with Crippen molar-refractivity contribution in [3.8, 4) is 0 Å². The van der Waals surface area contributed by atoms with Crippen LogP contribution in [0.25, 0.3) is 0 Å². The summed E-state index contributed by atoms with van der Waals surface area (Å²) in [5.74, 6) is 1.43. The summed E-state index contributed by atoms with van der Waals surface area (Å²) < 4.78 is 0. The van der Waals surface area contributed by atoms with Crippen LogP contribution in [0.5, 0.6) is 0 Å². The van der Waals surface area contributed by atoms with Crippen molar-refractivity contribution >= 4 is 17.3 Å². The zero-order chi connectivity index (χ0) is 15.0. The topological polar surface area (TPSA) is 56.7 Å². The first-order valence-corrected chi connectivity index (χ1v) is 8.12. The largest absolute Gasteiger partial charge is 0.383 e. The Morgan fingerprint density at radius 2 is 2.20 bits per heavy atom. The standard InChI is InChI=1S/C15H27N3OS/c1-5-16-14(17-9-8-12(2)3)18-11-15(4,19)13-7-6-10-20-13/h6-7,10,12,19H,5,8-9,11H2,1-4H3,(H2,16,17,18). The number of rotatable bonds is 7. The number of nitrogens with zero attached hydrogens (tertiary/aromatic N) is 1. The van der Waals surface area contributed by atoms with Gasteiger partial charge in [0.15, 0.2) is 5.96 Å². The van der Waals surface area contributed by atoms with E-state index < -0.39 is 5.60 Å². The molecule has 5 heteroatoms. The molecule has 20 heavy (non-hydrogen) atoms. The van der Waals surface area contributed by atoms with Crippen LogP contribution in [0, 0.1) is 5.92 Å². The molecule has 0 radical (unpaired) electrons. The molecule has 1 unspecified atom stereocenters. The molecule has 1 heterocycles. The minimum absolute atomic E-state index is 0.352. The molecule has 1 aromatic rings. The van der Waals surface area contributed by atoms with Gasteiger partial charge in [-0.3, -0.25) is 0 Å². The van der Waals surface area contributed by atoms with E-state index in [1.807, 2.05) is 24.4 Å². The highest BCUT2D eigenvalue weighted by Gasteiger charge is 2.23. The molecule has 0 saturated heterocycles. The monoisotopic (exact) mass is 297 g/mol. The fourth-order valence-electron chi connectivity index (χ4n) is 1.72. The van der Waals surface area contributed by atoms with Crippen LogP contribution in [0.4, 0.5) is 0 Å². The molecule has 0 saturated carbocycles. The Labute approximate surface area is 126 Å². The van der Waals surface area contributed by atoms with Crippen molar-refractivity contribution in [2.75, 3.05) is 19.6 Å². The van der Waals surface area contributed by atoms with E-state index in [0.717, 1.165) is 30.3 Å². The van der Waals surface area contributed by atoms with E-state index in [-0.39, 0.29) is 0 Å². The molecule has 114 valence electrons. The number of guanidine groups is 1. The minimum atomic E-state index is -0.908. The summed E-state index contributed by atoms with van der Waals surface area (Å²) in [6.07, 6.45) is 1.10. The molecule has 0 aromatic carbocycles. The van der Waals surface area contributed by atoms with Crippen molar-refractivity contribution in [3.63, 3.8) is 0 Å². The second-order valence-corrected chi connectivity index (χ2v) is 6.50. The molecule has 0 spiro atoms. The van der Waals surface area contributed by atoms with Gasteiger partial charge in [0.05, 0.1) is 6.54 Å². The average Bonchev–Trinajstić information content (AvgIpc) is 2.90. The zero-order valence-corrected chi connectivity index (χ0v) is 13.8. The van der Waals surface area contributed by atoms with Crippen molar-refractivity contribution in [2.24, 2.45) is 10.9 Å². The maximum absolute atomic E-state index is 10.5. The molecule has 0 aliphatic carbocycles. The Morgan fingerprint density at radius 3 is 2.75 bits per heavy atom. The van der Waals surface area contributed by atoms with Gasteiger partial charge >= 0.3 is 0 Å². The van der Waals surface area contributed by atoms with Crippen LogP contribution in [0.2, 0.25) is 0 Å². The number of hydrogen-bond donors (Lipinski definition) is 3. The maximum atomic E-state index is 10.5. The highest BCUT2D eigenvalue weighted by Crippen LogP contribution is 2.25. The normalized spacial score (nSPS) is 15.2. The highest BCUT2D eigenvalue weighted by molar-refractivity contribution is 7.10. The van der Waals surface area contributed by atoms with Crippen molar-refractivity contribution in [1.82, 2.24) is 10.6 Å². The molecule has 3 N–H and O–H groups in total. The van der Waals surface area contributed by atoms with E-state index in [2.05, 4.69) is 29.5 Å². The number of nitrogens with one attached hydrogen (secondary N) is 2. The van der Waals surface area contributed by atoms with Gasteiger partial charge in [-0.1, -0.05) is 19.9 Å². The van der Waals surface area contributed by atoms with E-state index in [1.54, 1.807) is 18.3 Å². The van der Waals surface area contributed by atoms with E-state index >= 15 is 0 Å².